The normalized spacial score (nSPS) is 12.8. The predicted molar refractivity (Wildman–Crippen MR) is 79.1 cm³/mol. The number of fused-ring (bicyclic) bond motifs is 1. The van der Waals surface area contributed by atoms with Crippen molar-refractivity contribution in [3.8, 4) is 0 Å². The van der Waals surface area contributed by atoms with Crippen LogP contribution in [0.3, 0.4) is 0 Å². The standard InChI is InChI=1S/C16H15N3O/c1-2-13-7-11(5-6-17-13)16-15-8-14(19-10-20)4-3-12(15)9-18-16/h3-8,10H,2,9H2,1H3,(H,19,20). The monoisotopic (exact) mass is 265 g/mol. The highest BCUT2D eigenvalue weighted by Gasteiger charge is 2.18. The Hall–Kier alpha value is -2.49. The van der Waals surface area contributed by atoms with E-state index in [9.17, 15) is 4.79 Å². The van der Waals surface area contributed by atoms with Gasteiger partial charge in [0.1, 0.15) is 0 Å². The third-order valence-electron chi connectivity index (χ3n) is 3.45. The van der Waals surface area contributed by atoms with Gasteiger partial charge in [0.25, 0.3) is 0 Å². The van der Waals surface area contributed by atoms with E-state index in [1.165, 1.54) is 5.56 Å². The van der Waals surface area contributed by atoms with Gasteiger partial charge < -0.3 is 5.32 Å². The smallest absolute Gasteiger partial charge is 0.211 e. The van der Waals surface area contributed by atoms with Crippen LogP contribution in [0, 0.1) is 0 Å². The third-order valence-corrected chi connectivity index (χ3v) is 3.45. The summed E-state index contributed by atoms with van der Waals surface area (Å²) in [7, 11) is 0. The van der Waals surface area contributed by atoms with E-state index >= 15 is 0 Å². The van der Waals surface area contributed by atoms with Gasteiger partial charge in [0.2, 0.25) is 6.41 Å². The van der Waals surface area contributed by atoms with Crippen LogP contribution in [-0.4, -0.2) is 17.1 Å². The molecule has 1 aromatic carbocycles. The molecule has 0 spiro atoms. The van der Waals surface area contributed by atoms with Crippen LogP contribution in [0.4, 0.5) is 5.69 Å². The van der Waals surface area contributed by atoms with Gasteiger partial charge >= 0.3 is 0 Å². The molecule has 20 heavy (non-hydrogen) atoms. The quantitative estimate of drug-likeness (QED) is 0.864. The Kier molecular flexibility index (Phi) is 3.29. The average molecular weight is 265 g/mol. The van der Waals surface area contributed by atoms with Crippen LogP contribution >= 0.6 is 0 Å². The van der Waals surface area contributed by atoms with Gasteiger partial charge in [-0.15, -0.1) is 0 Å². The second-order valence-corrected chi connectivity index (χ2v) is 4.69. The van der Waals surface area contributed by atoms with Crippen molar-refractivity contribution in [3.05, 3.63) is 58.9 Å². The number of amides is 1. The Morgan fingerprint density at radius 1 is 1.30 bits per heavy atom. The van der Waals surface area contributed by atoms with Crippen LogP contribution in [0.25, 0.3) is 0 Å². The summed E-state index contributed by atoms with van der Waals surface area (Å²) < 4.78 is 0. The lowest BCUT2D eigenvalue weighted by Gasteiger charge is -2.07. The van der Waals surface area contributed by atoms with Gasteiger partial charge in [-0.25, -0.2) is 0 Å². The molecule has 0 fully saturated rings. The number of nitrogens with zero attached hydrogens (tertiary/aromatic N) is 2. The van der Waals surface area contributed by atoms with Crippen molar-refractivity contribution in [3.63, 3.8) is 0 Å². The second kappa shape index (κ2) is 5.25. The van der Waals surface area contributed by atoms with Gasteiger partial charge in [-0.2, -0.15) is 0 Å². The molecule has 0 bridgehead atoms. The number of aliphatic imine (C=N–C) groups is 1. The van der Waals surface area contributed by atoms with E-state index in [1.807, 2.05) is 30.5 Å². The van der Waals surface area contributed by atoms with Gasteiger partial charge in [-0.05, 0) is 36.2 Å². The molecule has 3 rings (SSSR count). The number of aromatic nitrogens is 1. The fourth-order valence-electron chi connectivity index (χ4n) is 2.41. The average Bonchev–Trinajstić information content (AvgIpc) is 2.91. The fraction of sp³-hybridized carbons (Fsp3) is 0.188. The lowest BCUT2D eigenvalue weighted by Crippen LogP contribution is -2.04. The molecule has 0 saturated heterocycles. The van der Waals surface area contributed by atoms with Crippen LogP contribution in [-0.2, 0) is 17.8 Å². The molecule has 2 aromatic rings. The molecule has 1 aliphatic rings. The molecular formula is C16H15N3O. The first kappa shape index (κ1) is 12.5. The van der Waals surface area contributed by atoms with Crippen molar-refractivity contribution in [2.75, 3.05) is 5.32 Å². The lowest BCUT2D eigenvalue weighted by atomic mass is 9.99. The third kappa shape index (κ3) is 2.20. The number of hydrogen-bond donors (Lipinski definition) is 1. The van der Waals surface area contributed by atoms with Gasteiger partial charge in [0.15, 0.2) is 0 Å². The summed E-state index contributed by atoms with van der Waals surface area (Å²) in [5, 5.41) is 2.68. The molecule has 4 heteroatoms. The highest BCUT2D eigenvalue weighted by atomic mass is 16.1. The molecule has 4 nitrogen and oxygen atoms in total. The van der Waals surface area contributed by atoms with Crippen LogP contribution < -0.4 is 5.32 Å². The summed E-state index contributed by atoms with van der Waals surface area (Å²) in [5.41, 5.74) is 6.18. The Bertz CT molecular complexity index is 692. The maximum Gasteiger partial charge on any atom is 0.211 e. The van der Waals surface area contributed by atoms with Crippen molar-refractivity contribution in [1.29, 1.82) is 0 Å². The van der Waals surface area contributed by atoms with Crippen LogP contribution in [0.15, 0.2) is 41.5 Å². The lowest BCUT2D eigenvalue weighted by molar-refractivity contribution is -0.105. The van der Waals surface area contributed by atoms with Crippen LogP contribution in [0.1, 0.15) is 29.3 Å². The van der Waals surface area contributed by atoms with Crippen molar-refractivity contribution in [1.82, 2.24) is 4.98 Å². The molecule has 2 heterocycles. The Balaban J connectivity index is 2.02. The van der Waals surface area contributed by atoms with Gasteiger partial charge in [-0.1, -0.05) is 13.0 Å². The first-order valence-electron chi connectivity index (χ1n) is 6.65. The minimum Gasteiger partial charge on any atom is -0.329 e. The van der Waals surface area contributed by atoms with E-state index in [2.05, 4.69) is 28.3 Å². The van der Waals surface area contributed by atoms with E-state index in [0.29, 0.717) is 13.0 Å². The SMILES string of the molecule is CCc1cc(C2=NCc3ccc(NC=O)cc32)ccn1. The Morgan fingerprint density at radius 2 is 2.20 bits per heavy atom. The molecule has 100 valence electrons. The first-order valence-corrected chi connectivity index (χ1v) is 6.65. The van der Waals surface area contributed by atoms with E-state index in [4.69, 9.17) is 0 Å². The molecule has 1 aliphatic heterocycles. The maximum absolute atomic E-state index is 10.6. The highest BCUT2D eigenvalue weighted by molar-refractivity contribution is 6.15. The minimum absolute atomic E-state index is 0.690. The molecular weight excluding hydrogens is 250 g/mol. The number of nitrogens with one attached hydrogen (secondary N) is 1. The molecule has 1 amide bonds. The summed E-state index contributed by atoms with van der Waals surface area (Å²) in [5.74, 6) is 0. The second-order valence-electron chi connectivity index (χ2n) is 4.69. The largest absolute Gasteiger partial charge is 0.329 e. The zero-order chi connectivity index (χ0) is 13.9. The summed E-state index contributed by atoms with van der Waals surface area (Å²) >= 11 is 0. The molecule has 1 N–H and O–H groups in total. The zero-order valence-electron chi connectivity index (χ0n) is 11.3. The number of rotatable bonds is 4. The summed E-state index contributed by atoms with van der Waals surface area (Å²) in [6, 6.07) is 9.94. The van der Waals surface area contributed by atoms with E-state index in [0.717, 1.165) is 34.6 Å². The number of carbonyl (C=O) groups is 1. The fourth-order valence-corrected chi connectivity index (χ4v) is 2.41. The van der Waals surface area contributed by atoms with Gasteiger partial charge in [0, 0.05) is 28.7 Å². The van der Waals surface area contributed by atoms with Crippen molar-refractivity contribution in [2.24, 2.45) is 4.99 Å². The number of pyridine rings is 1. The van der Waals surface area contributed by atoms with Crippen molar-refractivity contribution in [2.45, 2.75) is 19.9 Å². The van der Waals surface area contributed by atoms with Gasteiger partial charge in [0.05, 0.1) is 12.3 Å². The predicted octanol–water partition coefficient (Wildman–Crippen LogP) is 2.56. The minimum atomic E-state index is 0.690. The molecule has 0 saturated carbocycles. The number of aryl methyl sites for hydroxylation is 1. The molecule has 0 unspecified atom stereocenters. The van der Waals surface area contributed by atoms with Crippen molar-refractivity contribution >= 4 is 17.8 Å². The van der Waals surface area contributed by atoms with E-state index < -0.39 is 0 Å². The summed E-state index contributed by atoms with van der Waals surface area (Å²) in [4.78, 5) is 19.5. The number of benzene rings is 1. The maximum atomic E-state index is 10.6. The molecule has 0 radical (unpaired) electrons. The number of anilines is 1. The van der Waals surface area contributed by atoms with Crippen LogP contribution in [0.2, 0.25) is 0 Å². The topological polar surface area (TPSA) is 54.4 Å². The summed E-state index contributed by atoms with van der Waals surface area (Å²) in [6.45, 7) is 2.78. The molecule has 0 aliphatic carbocycles. The van der Waals surface area contributed by atoms with E-state index in [1.54, 1.807) is 0 Å². The van der Waals surface area contributed by atoms with Gasteiger partial charge in [-0.3, -0.25) is 14.8 Å². The summed E-state index contributed by atoms with van der Waals surface area (Å²) in [6.07, 6.45) is 3.41. The van der Waals surface area contributed by atoms with Crippen molar-refractivity contribution < 1.29 is 4.79 Å². The Morgan fingerprint density at radius 3 is 3.00 bits per heavy atom. The first-order chi connectivity index (χ1) is 9.81. The Labute approximate surface area is 117 Å². The van der Waals surface area contributed by atoms with E-state index in [-0.39, 0.29) is 0 Å². The highest BCUT2D eigenvalue weighted by Crippen LogP contribution is 2.26. The molecule has 1 aromatic heterocycles. The molecule has 0 atom stereocenters. The zero-order valence-corrected chi connectivity index (χ0v) is 11.3. The number of hydrogen-bond acceptors (Lipinski definition) is 3. The van der Waals surface area contributed by atoms with Crippen LogP contribution in [0.5, 0.6) is 0 Å². The number of carbonyl (C=O) groups excluding carboxylic acids is 1.